The van der Waals surface area contributed by atoms with Gasteiger partial charge in [0.15, 0.2) is 0 Å². The summed E-state index contributed by atoms with van der Waals surface area (Å²) in [4.78, 5) is 4.51. The number of pyridine rings is 1. The Morgan fingerprint density at radius 2 is 2.05 bits per heavy atom. The zero-order valence-electron chi connectivity index (χ0n) is 11.1. The van der Waals surface area contributed by atoms with Crippen molar-refractivity contribution in [1.29, 1.82) is 0 Å². The smallest absolute Gasteiger partial charge is 0.0702 e. The second-order valence-corrected chi connectivity index (χ2v) is 6.58. The molecule has 0 radical (unpaired) electrons. The first-order valence-electron chi connectivity index (χ1n) is 7.01. The third-order valence-electron chi connectivity index (χ3n) is 3.97. The molecule has 1 unspecified atom stereocenters. The highest BCUT2D eigenvalue weighted by molar-refractivity contribution is 7.99. The molecule has 1 atom stereocenters. The molecule has 2 nitrogen and oxygen atoms in total. The van der Waals surface area contributed by atoms with E-state index in [0.29, 0.717) is 0 Å². The van der Waals surface area contributed by atoms with Crippen LogP contribution in [-0.2, 0) is 0 Å². The zero-order chi connectivity index (χ0) is 13.1. The largest absolute Gasteiger partial charge is 0.324 e. The van der Waals surface area contributed by atoms with Crippen LogP contribution in [-0.4, -0.2) is 16.5 Å². The van der Waals surface area contributed by atoms with Gasteiger partial charge in [0.1, 0.15) is 0 Å². The lowest BCUT2D eigenvalue weighted by molar-refractivity contribution is 0.413. The topological polar surface area (TPSA) is 38.9 Å². The Labute approximate surface area is 118 Å². The Balaban J connectivity index is 1.75. The molecule has 1 saturated heterocycles. The number of nitrogens with zero attached hydrogens (tertiary/aromatic N) is 1. The predicted octanol–water partition coefficient (Wildman–Crippen LogP) is 3.77. The van der Waals surface area contributed by atoms with Crippen LogP contribution in [0.1, 0.15) is 30.9 Å². The average Bonchev–Trinajstić information content (AvgIpc) is 2.48. The highest BCUT2D eigenvalue weighted by Gasteiger charge is 2.18. The van der Waals surface area contributed by atoms with Gasteiger partial charge in [-0.15, -0.1) is 0 Å². The molecule has 100 valence electrons. The molecule has 0 amide bonds. The number of nitrogens with two attached hydrogens (primary N) is 1. The summed E-state index contributed by atoms with van der Waals surface area (Å²) in [5.41, 5.74) is 8.60. The van der Waals surface area contributed by atoms with E-state index in [1.54, 1.807) is 0 Å². The Morgan fingerprint density at radius 1 is 1.26 bits per heavy atom. The second kappa shape index (κ2) is 5.93. The van der Waals surface area contributed by atoms with E-state index in [1.807, 2.05) is 18.3 Å². The van der Waals surface area contributed by atoms with Crippen LogP contribution in [0.15, 0.2) is 36.5 Å². The number of thioether (sulfide) groups is 1. The molecule has 2 heterocycles. The molecule has 1 fully saturated rings. The molecule has 2 N–H and O–H groups in total. The number of hydrogen-bond acceptors (Lipinski definition) is 3. The number of rotatable bonds is 3. The van der Waals surface area contributed by atoms with Gasteiger partial charge in [-0.3, -0.25) is 4.98 Å². The van der Waals surface area contributed by atoms with Crippen molar-refractivity contribution in [2.24, 2.45) is 11.7 Å². The van der Waals surface area contributed by atoms with Gasteiger partial charge >= 0.3 is 0 Å². The lowest BCUT2D eigenvalue weighted by atomic mass is 9.91. The van der Waals surface area contributed by atoms with Gasteiger partial charge in [0.25, 0.3) is 0 Å². The fourth-order valence-electron chi connectivity index (χ4n) is 2.77. The first-order valence-corrected chi connectivity index (χ1v) is 8.16. The van der Waals surface area contributed by atoms with Crippen LogP contribution < -0.4 is 5.73 Å². The van der Waals surface area contributed by atoms with Gasteiger partial charge in [0, 0.05) is 17.6 Å². The van der Waals surface area contributed by atoms with Gasteiger partial charge in [-0.25, -0.2) is 0 Å². The summed E-state index contributed by atoms with van der Waals surface area (Å²) in [6, 6.07) is 10.6. The van der Waals surface area contributed by atoms with Crippen LogP contribution in [0.3, 0.4) is 0 Å². The third kappa shape index (κ3) is 3.10. The Hall–Kier alpha value is -1.06. The van der Waals surface area contributed by atoms with Crippen molar-refractivity contribution in [2.45, 2.75) is 25.3 Å². The van der Waals surface area contributed by atoms with E-state index in [4.69, 9.17) is 5.73 Å². The zero-order valence-corrected chi connectivity index (χ0v) is 11.9. The molecule has 3 rings (SSSR count). The Morgan fingerprint density at radius 3 is 2.89 bits per heavy atom. The van der Waals surface area contributed by atoms with E-state index in [0.717, 1.165) is 17.9 Å². The number of hydrogen-bond donors (Lipinski definition) is 1. The molecule has 1 aliphatic rings. The lowest BCUT2D eigenvalue weighted by Gasteiger charge is -2.24. The van der Waals surface area contributed by atoms with Gasteiger partial charge in [0.2, 0.25) is 0 Å². The highest BCUT2D eigenvalue weighted by Crippen LogP contribution is 2.30. The Bertz CT molecular complexity index is 549. The Kier molecular flexibility index (Phi) is 4.04. The summed E-state index contributed by atoms with van der Waals surface area (Å²) >= 11 is 2.07. The number of aromatic nitrogens is 1. The number of para-hydroxylation sites is 1. The van der Waals surface area contributed by atoms with Gasteiger partial charge in [-0.2, -0.15) is 11.8 Å². The van der Waals surface area contributed by atoms with Crippen molar-refractivity contribution < 1.29 is 0 Å². The summed E-state index contributed by atoms with van der Waals surface area (Å²) in [6.07, 6.45) is 5.68. The van der Waals surface area contributed by atoms with E-state index >= 15 is 0 Å². The summed E-state index contributed by atoms with van der Waals surface area (Å²) in [5.74, 6) is 3.39. The minimum absolute atomic E-state index is 0.130. The molecule has 0 bridgehead atoms. The minimum atomic E-state index is 0.130. The fraction of sp³-hybridized carbons (Fsp3) is 0.438. The molecule has 19 heavy (non-hydrogen) atoms. The SMILES string of the molecule is NC(CC1CCSCC1)c1cnc2ccccc2c1. The van der Waals surface area contributed by atoms with E-state index in [1.165, 1.54) is 35.3 Å². The highest BCUT2D eigenvalue weighted by atomic mass is 32.2. The summed E-state index contributed by atoms with van der Waals surface area (Å²) < 4.78 is 0. The molecule has 0 saturated carbocycles. The first kappa shape index (κ1) is 12.9. The van der Waals surface area contributed by atoms with Crippen molar-refractivity contribution in [1.82, 2.24) is 4.98 Å². The summed E-state index contributed by atoms with van der Waals surface area (Å²) in [5, 5.41) is 1.19. The van der Waals surface area contributed by atoms with Crippen molar-refractivity contribution in [2.75, 3.05) is 11.5 Å². The van der Waals surface area contributed by atoms with Crippen LogP contribution >= 0.6 is 11.8 Å². The molecule has 2 aromatic rings. The molecular formula is C16H20N2S. The monoisotopic (exact) mass is 272 g/mol. The molecule has 0 aliphatic carbocycles. The minimum Gasteiger partial charge on any atom is -0.324 e. The van der Waals surface area contributed by atoms with E-state index in [9.17, 15) is 0 Å². The molecule has 1 aliphatic heterocycles. The van der Waals surface area contributed by atoms with E-state index < -0.39 is 0 Å². The number of fused-ring (bicyclic) bond motifs is 1. The molecular weight excluding hydrogens is 252 g/mol. The van der Waals surface area contributed by atoms with E-state index in [2.05, 4.69) is 34.9 Å². The number of benzene rings is 1. The molecule has 1 aromatic heterocycles. The molecule has 1 aromatic carbocycles. The third-order valence-corrected chi connectivity index (χ3v) is 5.02. The van der Waals surface area contributed by atoms with Crippen molar-refractivity contribution in [3.05, 3.63) is 42.1 Å². The van der Waals surface area contributed by atoms with Crippen LogP contribution in [0.2, 0.25) is 0 Å². The quantitative estimate of drug-likeness (QED) is 0.924. The van der Waals surface area contributed by atoms with Crippen molar-refractivity contribution in [3.63, 3.8) is 0 Å². The maximum absolute atomic E-state index is 6.37. The summed E-state index contributed by atoms with van der Waals surface area (Å²) in [6.45, 7) is 0. The van der Waals surface area contributed by atoms with Crippen LogP contribution in [0.5, 0.6) is 0 Å². The normalized spacial score (nSPS) is 18.6. The van der Waals surface area contributed by atoms with Crippen molar-refractivity contribution in [3.8, 4) is 0 Å². The van der Waals surface area contributed by atoms with Gasteiger partial charge in [0.05, 0.1) is 5.52 Å². The van der Waals surface area contributed by atoms with Gasteiger partial charge in [-0.05, 0) is 54.4 Å². The molecule has 0 spiro atoms. The predicted molar refractivity (Wildman–Crippen MR) is 83.3 cm³/mol. The van der Waals surface area contributed by atoms with E-state index in [-0.39, 0.29) is 6.04 Å². The fourth-order valence-corrected chi connectivity index (χ4v) is 3.97. The van der Waals surface area contributed by atoms with Crippen LogP contribution in [0, 0.1) is 5.92 Å². The van der Waals surface area contributed by atoms with Crippen LogP contribution in [0.4, 0.5) is 0 Å². The first-order chi connectivity index (χ1) is 9.33. The lowest BCUT2D eigenvalue weighted by Crippen LogP contribution is -2.19. The summed E-state index contributed by atoms with van der Waals surface area (Å²) in [7, 11) is 0. The van der Waals surface area contributed by atoms with Crippen molar-refractivity contribution >= 4 is 22.7 Å². The standard InChI is InChI=1S/C16H20N2S/c17-15(9-12-5-7-19-8-6-12)14-10-13-3-1-2-4-16(13)18-11-14/h1-4,10-12,15H,5-9,17H2. The van der Waals surface area contributed by atoms with Crippen LogP contribution in [0.25, 0.3) is 10.9 Å². The second-order valence-electron chi connectivity index (χ2n) is 5.36. The maximum atomic E-state index is 6.37. The van der Waals surface area contributed by atoms with Gasteiger partial charge in [-0.1, -0.05) is 18.2 Å². The average molecular weight is 272 g/mol. The molecule has 3 heteroatoms. The maximum Gasteiger partial charge on any atom is 0.0702 e. The van der Waals surface area contributed by atoms with Gasteiger partial charge < -0.3 is 5.73 Å².